The molecule has 254 valence electrons. The Morgan fingerprint density at radius 2 is 1.15 bits per heavy atom. The molecule has 0 atom stereocenters. The molecule has 0 heterocycles. The largest absolute Gasteiger partial charge is 0.496 e. The van der Waals surface area contributed by atoms with E-state index in [9.17, 15) is 14.4 Å². The molecule has 0 bridgehead atoms. The Kier molecular flexibility index (Phi) is 12.5. The van der Waals surface area contributed by atoms with Crippen LogP contribution in [0.2, 0.25) is 0 Å². The van der Waals surface area contributed by atoms with Gasteiger partial charge in [0.2, 0.25) is 0 Å². The van der Waals surface area contributed by atoms with Crippen molar-refractivity contribution < 1.29 is 33.3 Å². The summed E-state index contributed by atoms with van der Waals surface area (Å²) in [6.45, 7) is 25.9. The average molecular weight is 637 g/mol. The zero-order valence-electron chi connectivity index (χ0n) is 30.7. The summed E-state index contributed by atoms with van der Waals surface area (Å²) in [6, 6.07) is 6.50. The molecule has 0 amide bonds. The van der Waals surface area contributed by atoms with Crippen LogP contribution >= 0.6 is 0 Å². The Balaban J connectivity index is 2.90. The van der Waals surface area contributed by atoms with Gasteiger partial charge in [0, 0.05) is 16.7 Å². The van der Waals surface area contributed by atoms with E-state index in [-0.39, 0.29) is 17.7 Å². The van der Waals surface area contributed by atoms with Crippen molar-refractivity contribution in [1.82, 2.24) is 0 Å². The van der Waals surface area contributed by atoms with Gasteiger partial charge in [0.1, 0.15) is 23.0 Å². The molecule has 0 fully saturated rings. The summed E-state index contributed by atoms with van der Waals surface area (Å²) in [5, 5.41) is 0. The number of allylic oxidation sites excluding steroid dienone is 1. The minimum absolute atomic E-state index is 0.243. The maximum absolute atomic E-state index is 13.5. The molecule has 0 aliphatic carbocycles. The molecule has 0 aliphatic heterocycles. The van der Waals surface area contributed by atoms with Crippen molar-refractivity contribution in [3.05, 3.63) is 52.6 Å². The number of hydrogen-bond acceptors (Lipinski definition) is 7. The van der Waals surface area contributed by atoms with Crippen LogP contribution in [0.5, 0.6) is 23.0 Å². The second-order valence-electron chi connectivity index (χ2n) is 15.2. The van der Waals surface area contributed by atoms with Gasteiger partial charge in [0.05, 0.1) is 30.1 Å². The number of methoxy groups -OCH3 is 1. The number of ether oxygens (including phenoxy) is 4. The molecule has 0 spiro atoms. The van der Waals surface area contributed by atoms with Crippen LogP contribution in [0.1, 0.15) is 136 Å². The summed E-state index contributed by atoms with van der Waals surface area (Å²) < 4.78 is 24.4. The van der Waals surface area contributed by atoms with Crippen LogP contribution < -0.4 is 18.9 Å². The van der Waals surface area contributed by atoms with Gasteiger partial charge in [-0.15, -0.1) is 0 Å². The van der Waals surface area contributed by atoms with Gasteiger partial charge in [-0.3, -0.25) is 14.4 Å². The van der Waals surface area contributed by atoms with Gasteiger partial charge in [-0.05, 0) is 108 Å². The smallest absolute Gasteiger partial charge is 0.316 e. The van der Waals surface area contributed by atoms with E-state index in [0.717, 1.165) is 30.4 Å². The van der Waals surface area contributed by atoms with E-state index in [1.54, 1.807) is 58.2 Å². The number of hydrogen-bond donors (Lipinski definition) is 0. The quantitative estimate of drug-likeness (QED) is 0.0936. The average Bonchev–Trinajstić information content (AvgIpc) is 2.97. The first-order valence-corrected chi connectivity index (χ1v) is 16.3. The zero-order valence-corrected chi connectivity index (χ0v) is 30.7. The first-order chi connectivity index (χ1) is 21.2. The highest BCUT2D eigenvalue weighted by atomic mass is 16.5. The molecule has 0 aromatic heterocycles. The lowest BCUT2D eigenvalue weighted by Crippen LogP contribution is -2.31. The van der Waals surface area contributed by atoms with E-state index in [1.165, 1.54) is 6.08 Å². The number of ketones is 1. The summed E-state index contributed by atoms with van der Waals surface area (Å²) in [6.07, 6.45) is 5.46. The zero-order chi connectivity index (χ0) is 35.3. The maximum Gasteiger partial charge on any atom is 0.316 e. The van der Waals surface area contributed by atoms with Crippen molar-refractivity contribution in [2.75, 3.05) is 13.7 Å². The van der Waals surface area contributed by atoms with Crippen molar-refractivity contribution in [2.45, 2.75) is 120 Å². The lowest BCUT2D eigenvalue weighted by atomic mass is 9.73. The summed E-state index contributed by atoms with van der Waals surface area (Å²) in [5.41, 5.74) is 0.254. The van der Waals surface area contributed by atoms with E-state index in [2.05, 4.69) is 41.5 Å². The molecular weight excluding hydrogens is 580 g/mol. The molecule has 2 aromatic rings. The second kappa shape index (κ2) is 14.9. The highest BCUT2D eigenvalue weighted by Gasteiger charge is 2.40. The second-order valence-corrected chi connectivity index (χ2v) is 15.2. The van der Waals surface area contributed by atoms with Crippen LogP contribution in [-0.2, 0) is 20.4 Å². The topological polar surface area (TPSA) is 88.1 Å². The van der Waals surface area contributed by atoms with E-state index in [4.69, 9.17) is 18.9 Å². The fourth-order valence-electron chi connectivity index (χ4n) is 4.55. The third-order valence-corrected chi connectivity index (χ3v) is 8.34. The fraction of sp³-hybridized carbons (Fsp3) is 0.564. The lowest BCUT2D eigenvalue weighted by Gasteiger charge is -2.36. The van der Waals surface area contributed by atoms with Gasteiger partial charge in [0.25, 0.3) is 0 Å². The molecule has 7 nitrogen and oxygen atoms in total. The van der Waals surface area contributed by atoms with E-state index >= 15 is 0 Å². The highest BCUT2D eigenvalue weighted by Crippen LogP contribution is 2.54. The third-order valence-electron chi connectivity index (χ3n) is 8.34. The maximum atomic E-state index is 13.5. The van der Waals surface area contributed by atoms with Crippen LogP contribution in [0.4, 0.5) is 0 Å². The molecule has 0 N–H and O–H groups in total. The van der Waals surface area contributed by atoms with Crippen LogP contribution in [0, 0.1) is 10.8 Å². The SMILES string of the molecule is CCCOc1c(C=CC(=O)c2ccc(OC(=O)C(C)(C)C)cc2)c(OC)c(C(C)(C)CC)c(OC(=O)C(C)(C)C)c1C(C)(C)CC. The fourth-order valence-corrected chi connectivity index (χ4v) is 4.55. The van der Waals surface area contributed by atoms with Crippen molar-refractivity contribution in [3.8, 4) is 23.0 Å². The Labute approximate surface area is 277 Å². The van der Waals surface area contributed by atoms with E-state index < -0.39 is 21.7 Å². The Morgan fingerprint density at radius 3 is 1.59 bits per heavy atom. The first-order valence-electron chi connectivity index (χ1n) is 16.3. The summed E-state index contributed by atoms with van der Waals surface area (Å²) >= 11 is 0. The van der Waals surface area contributed by atoms with Crippen molar-refractivity contribution in [3.63, 3.8) is 0 Å². The molecule has 7 heteroatoms. The van der Waals surface area contributed by atoms with Crippen molar-refractivity contribution >= 4 is 23.8 Å². The van der Waals surface area contributed by atoms with Gasteiger partial charge in [-0.25, -0.2) is 0 Å². The lowest BCUT2D eigenvalue weighted by molar-refractivity contribution is -0.143. The van der Waals surface area contributed by atoms with Gasteiger partial charge >= 0.3 is 11.9 Å². The first kappa shape index (κ1) is 38.6. The van der Waals surface area contributed by atoms with Gasteiger partial charge < -0.3 is 18.9 Å². The molecule has 0 aliphatic rings. The minimum Gasteiger partial charge on any atom is -0.496 e. The number of benzene rings is 2. The highest BCUT2D eigenvalue weighted by molar-refractivity contribution is 6.07. The minimum atomic E-state index is -0.745. The number of carbonyl (C=O) groups excluding carboxylic acids is 3. The molecular formula is C39H56O7. The standard InChI is InChI=1S/C39H56O7/c1-15-24-44-32-27(22-23-28(40)25-18-20-26(21-19-25)45-34(41)36(4,5)6)31(43-14)29(38(10,11)16-2)33(30(32)39(12,13)17-3)46-35(42)37(7,8)9/h18-23H,15-17,24H2,1-14H3. The molecule has 2 rings (SSSR count). The van der Waals surface area contributed by atoms with Gasteiger partial charge in [0.15, 0.2) is 5.78 Å². The van der Waals surface area contributed by atoms with Crippen molar-refractivity contribution in [1.29, 1.82) is 0 Å². The Morgan fingerprint density at radius 1 is 0.674 bits per heavy atom. The molecule has 0 radical (unpaired) electrons. The molecule has 46 heavy (non-hydrogen) atoms. The normalized spacial score (nSPS) is 12.7. The number of esters is 2. The van der Waals surface area contributed by atoms with Crippen LogP contribution in [0.3, 0.4) is 0 Å². The Bertz CT molecular complexity index is 1430. The summed E-state index contributed by atoms with van der Waals surface area (Å²) in [7, 11) is 1.59. The predicted molar refractivity (Wildman–Crippen MR) is 185 cm³/mol. The van der Waals surface area contributed by atoms with Crippen LogP contribution in [0.25, 0.3) is 6.08 Å². The van der Waals surface area contributed by atoms with E-state index in [0.29, 0.717) is 40.7 Å². The predicted octanol–water partition coefficient (Wildman–Crippen LogP) is 9.66. The molecule has 0 saturated heterocycles. The number of carbonyl (C=O) groups is 3. The van der Waals surface area contributed by atoms with Crippen molar-refractivity contribution in [2.24, 2.45) is 10.8 Å². The molecule has 0 saturated carbocycles. The number of rotatable bonds is 13. The van der Waals surface area contributed by atoms with Gasteiger partial charge in [-0.2, -0.15) is 0 Å². The van der Waals surface area contributed by atoms with Crippen LogP contribution in [0.15, 0.2) is 30.3 Å². The van der Waals surface area contributed by atoms with E-state index in [1.807, 2.05) is 27.7 Å². The molecule has 0 unspecified atom stereocenters. The summed E-state index contributed by atoms with van der Waals surface area (Å²) in [5.74, 6) is 0.915. The van der Waals surface area contributed by atoms with Crippen LogP contribution in [-0.4, -0.2) is 31.4 Å². The van der Waals surface area contributed by atoms with Gasteiger partial charge in [-0.1, -0.05) is 48.5 Å². The monoisotopic (exact) mass is 636 g/mol. The molecule has 2 aromatic carbocycles. The Hall–Kier alpha value is -3.61. The summed E-state index contributed by atoms with van der Waals surface area (Å²) in [4.78, 5) is 39.3. The third kappa shape index (κ3) is 9.01.